The summed E-state index contributed by atoms with van der Waals surface area (Å²) in [5.41, 5.74) is 2.65. The van der Waals surface area contributed by atoms with Crippen molar-refractivity contribution in [2.75, 3.05) is 12.3 Å². The number of aromatic amines is 1. The molecule has 0 spiro atoms. The number of aryl methyl sites for hydroxylation is 2. The molecule has 6 heteroatoms. The Hall–Kier alpha value is -2.08. The molecule has 0 saturated heterocycles. The molecule has 138 valence electrons. The van der Waals surface area contributed by atoms with Crippen LogP contribution in [0.5, 0.6) is 0 Å². The summed E-state index contributed by atoms with van der Waals surface area (Å²) in [4.78, 5) is 27.2. The summed E-state index contributed by atoms with van der Waals surface area (Å²) in [5.74, 6) is 0.930. The molecule has 0 saturated carbocycles. The van der Waals surface area contributed by atoms with E-state index in [1.165, 1.54) is 6.07 Å². The number of nitrogens with one attached hydrogen (secondary N) is 2. The monoisotopic (exact) mass is 374 g/mol. The Morgan fingerprint density at radius 2 is 2.04 bits per heavy atom. The molecule has 1 amide bonds. The summed E-state index contributed by atoms with van der Waals surface area (Å²) in [6.07, 6.45) is 4.75. The summed E-state index contributed by atoms with van der Waals surface area (Å²) < 4.78 is 13.5. The van der Waals surface area contributed by atoms with Crippen LogP contribution in [0.2, 0.25) is 0 Å². The third-order valence-electron chi connectivity index (χ3n) is 4.55. The zero-order valence-corrected chi connectivity index (χ0v) is 15.5. The molecule has 0 fully saturated rings. The lowest BCUT2D eigenvalue weighted by molar-refractivity contribution is 0.0952. The van der Waals surface area contributed by atoms with Gasteiger partial charge in [-0.25, -0.2) is 4.39 Å². The topological polar surface area (TPSA) is 62.0 Å². The highest BCUT2D eigenvalue weighted by molar-refractivity contribution is 7.98. The third-order valence-corrected chi connectivity index (χ3v) is 5.64. The standard InChI is InChI=1S/C20H23FN2O2S/c21-17-8-3-1-7-15(17)13-26-11-5-10-22-19(24)16-12-14-6-2-4-9-18(14)23-20(16)25/h1,3,7-8,12H,2,4-6,9-11,13H2,(H,22,24)(H,23,25). The average molecular weight is 374 g/mol. The van der Waals surface area contributed by atoms with Crippen LogP contribution in [0, 0.1) is 5.82 Å². The van der Waals surface area contributed by atoms with Gasteiger partial charge in [0.25, 0.3) is 11.5 Å². The van der Waals surface area contributed by atoms with Gasteiger partial charge < -0.3 is 10.3 Å². The predicted octanol–water partition coefficient (Wildman–Crippen LogP) is 3.45. The van der Waals surface area contributed by atoms with Crippen molar-refractivity contribution in [2.45, 2.75) is 37.9 Å². The minimum Gasteiger partial charge on any atom is -0.352 e. The van der Waals surface area contributed by atoms with Crippen LogP contribution in [0.4, 0.5) is 4.39 Å². The van der Waals surface area contributed by atoms with Crippen LogP contribution in [0.3, 0.4) is 0 Å². The van der Waals surface area contributed by atoms with E-state index in [9.17, 15) is 14.0 Å². The first-order valence-electron chi connectivity index (χ1n) is 8.99. The maximum Gasteiger partial charge on any atom is 0.261 e. The van der Waals surface area contributed by atoms with Crippen molar-refractivity contribution < 1.29 is 9.18 Å². The van der Waals surface area contributed by atoms with Crippen LogP contribution in [0.1, 0.15) is 46.4 Å². The molecule has 1 aliphatic rings. The molecule has 1 aromatic carbocycles. The molecule has 0 aliphatic heterocycles. The highest BCUT2D eigenvalue weighted by Gasteiger charge is 2.16. The number of fused-ring (bicyclic) bond motifs is 1. The van der Waals surface area contributed by atoms with Crippen molar-refractivity contribution in [1.29, 1.82) is 0 Å². The molecule has 0 radical (unpaired) electrons. The number of amides is 1. The fourth-order valence-corrected chi connectivity index (χ4v) is 4.06. The molecule has 1 aliphatic carbocycles. The molecule has 1 aromatic heterocycles. The van der Waals surface area contributed by atoms with Crippen LogP contribution >= 0.6 is 11.8 Å². The van der Waals surface area contributed by atoms with Crippen molar-refractivity contribution in [3.8, 4) is 0 Å². The maximum atomic E-state index is 13.5. The molecule has 0 bridgehead atoms. The van der Waals surface area contributed by atoms with E-state index in [0.717, 1.165) is 49.1 Å². The second kappa shape index (κ2) is 9.03. The molecule has 1 heterocycles. The van der Waals surface area contributed by atoms with Gasteiger partial charge in [0.05, 0.1) is 0 Å². The van der Waals surface area contributed by atoms with Gasteiger partial charge >= 0.3 is 0 Å². The van der Waals surface area contributed by atoms with Crippen molar-refractivity contribution in [1.82, 2.24) is 10.3 Å². The van der Waals surface area contributed by atoms with Crippen molar-refractivity contribution in [2.24, 2.45) is 0 Å². The van der Waals surface area contributed by atoms with Crippen molar-refractivity contribution >= 4 is 17.7 Å². The first-order chi connectivity index (χ1) is 12.6. The normalized spacial score (nSPS) is 13.3. The van der Waals surface area contributed by atoms with Gasteiger partial charge in [0.2, 0.25) is 0 Å². The molecule has 3 rings (SSSR count). The summed E-state index contributed by atoms with van der Waals surface area (Å²) >= 11 is 1.63. The highest BCUT2D eigenvalue weighted by atomic mass is 32.2. The molecular formula is C20H23FN2O2S. The first kappa shape index (κ1) is 18.7. The van der Waals surface area contributed by atoms with Crippen LogP contribution in [-0.2, 0) is 18.6 Å². The van der Waals surface area contributed by atoms with Gasteiger partial charge in [-0.2, -0.15) is 11.8 Å². The molecule has 0 atom stereocenters. The molecule has 4 nitrogen and oxygen atoms in total. The molecule has 26 heavy (non-hydrogen) atoms. The van der Waals surface area contributed by atoms with Gasteiger partial charge in [-0.3, -0.25) is 9.59 Å². The van der Waals surface area contributed by atoms with Crippen LogP contribution in [0.15, 0.2) is 35.1 Å². The van der Waals surface area contributed by atoms with Gasteiger partial charge in [-0.15, -0.1) is 0 Å². The van der Waals surface area contributed by atoms with E-state index in [0.29, 0.717) is 17.9 Å². The average Bonchev–Trinajstić information content (AvgIpc) is 2.65. The van der Waals surface area contributed by atoms with Gasteiger partial charge in [0.1, 0.15) is 11.4 Å². The Morgan fingerprint density at radius 1 is 1.23 bits per heavy atom. The molecule has 0 unspecified atom stereocenters. The highest BCUT2D eigenvalue weighted by Crippen LogP contribution is 2.18. The molecule has 2 N–H and O–H groups in total. The first-order valence-corrected chi connectivity index (χ1v) is 10.1. The van der Waals surface area contributed by atoms with E-state index < -0.39 is 0 Å². The second-order valence-corrected chi connectivity index (χ2v) is 7.58. The Morgan fingerprint density at radius 3 is 2.88 bits per heavy atom. The van der Waals surface area contributed by atoms with Gasteiger partial charge in [-0.1, -0.05) is 18.2 Å². The Balaban J connectivity index is 1.43. The number of hydrogen-bond acceptors (Lipinski definition) is 3. The lowest BCUT2D eigenvalue weighted by atomic mass is 9.95. The smallest absolute Gasteiger partial charge is 0.261 e. The maximum absolute atomic E-state index is 13.5. The largest absolute Gasteiger partial charge is 0.352 e. The Kier molecular flexibility index (Phi) is 6.50. The Bertz CT molecular complexity index is 835. The van der Waals surface area contributed by atoms with Crippen molar-refractivity contribution in [3.05, 3.63) is 68.9 Å². The number of pyridine rings is 1. The number of hydrogen-bond donors (Lipinski definition) is 2. The zero-order chi connectivity index (χ0) is 18.4. The zero-order valence-electron chi connectivity index (χ0n) is 14.6. The van der Waals surface area contributed by atoms with Gasteiger partial charge in [-0.05, 0) is 61.1 Å². The predicted molar refractivity (Wildman–Crippen MR) is 103 cm³/mol. The number of carbonyl (C=O) groups is 1. The van der Waals surface area contributed by atoms with Gasteiger partial charge in [0.15, 0.2) is 0 Å². The number of H-pyrrole nitrogens is 1. The minimum atomic E-state index is -0.321. The number of benzene rings is 1. The van der Waals surface area contributed by atoms with E-state index in [4.69, 9.17) is 0 Å². The number of halogens is 1. The minimum absolute atomic E-state index is 0.181. The number of rotatable bonds is 7. The van der Waals surface area contributed by atoms with Gasteiger partial charge in [0, 0.05) is 18.0 Å². The summed E-state index contributed by atoms with van der Waals surface area (Å²) in [5, 5.41) is 2.81. The fraction of sp³-hybridized carbons (Fsp3) is 0.400. The van der Waals surface area contributed by atoms with E-state index in [1.807, 2.05) is 6.07 Å². The summed E-state index contributed by atoms with van der Waals surface area (Å²) in [6, 6.07) is 8.51. The van der Waals surface area contributed by atoms with E-state index in [2.05, 4.69) is 10.3 Å². The second-order valence-electron chi connectivity index (χ2n) is 6.48. The van der Waals surface area contributed by atoms with Crippen molar-refractivity contribution in [3.63, 3.8) is 0 Å². The third kappa shape index (κ3) is 4.75. The SMILES string of the molecule is O=C(NCCCSCc1ccccc1F)c1cc2c([nH]c1=O)CCCC2. The molecular weight excluding hydrogens is 351 g/mol. The fourth-order valence-electron chi connectivity index (χ4n) is 3.11. The summed E-state index contributed by atoms with van der Waals surface area (Å²) in [6.45, 7) is 0.500. The summed E-state index contributed by atoms with van der Waals surface area (Å²) in [7, 11) is 0. The van der Waals surface area contributed by atoms with E-state index in [-0.39, 0.29) is 22.8 Å². The van der Waals surface area contributed by atoms with Crippen LogP contribution in [-0.4, -0.2) is 23.2 Å². The van der Waals surface area contributed by atoms with Crippen LogP contribution < -0.4 is 10.9 Å². The van der Waals surface area contributed by atoms with Crippen LogP contribution in [0.25, 0.3) is 0 Å². The van der Waals surface area contributed by atoms with E-state index in [1.54, 1.807) is 30.0 Å². The quantitative estimate of drug-likeness (QED) is 0.730. The Labute approximate surface area is 156 Å². The molecule has 2 aromatic rings. The van der Waals surface area contributed by atoms with E-state index >= 15 is 0 Å². The number of thioether (sulfide) groups is 1. The number of carbonyl (C=O) groups excluding carboxylic acids is 1. The number of aromatic nitrogens is 1. The lowest BCUT2D eigenvalue weighted by Gasteiger charge is -2.15. The lowest BCUT2D eigenvalue weighted by Crippen LogP contribution is -2.31.